The van der Waals surface area contributed by atoms with E-state index < -0.39 is 5.97 Å². The molecule has 0 unspecified atom stereocenters. The largest absolute Gasteiger partial charge is 0.462 e. The first-order valence-corrected chi connectivity index (χ1v) is 11.2. The zero-order valence-electron chi connectivity index (χ0n) is 18.8. The number of aromatic nitrogens is 4. The molecule has 0 aliphatic carbocycles. The van der Waals surface area contributed by atoms with Gasteiger partial charge in [0.2, 0.25) is 0 Å². The average molecular weight is 454 g/mol. The molecule has 1 fully saturated rings. The number of piperazine rings is 1. The SMILES string of the molecule is CCOC(=O)c1cnc2c(cnn2-c2ccccc2)c1N1CCN(c2ncccc2C#N)CC1. The molecule has 4 heterocycles. The van der Waals surface area contributed by atoms with Crippen molar-refractivity contribution >= 4 is 28.5 Å². The molecule has 9 heteroatoms. The molecule has 1 aliphatic rings. The van der Waals surface area contributed by atoms with Crippen LogP contribution >= 0.6 is 0 Å². The zero-order chi connectivity index (χ0) is 23.5. The van der Waals surface area contributed by atoms with Crippen molar-refractivity contribution in [2.75, 3.05) is 42.6 Å². The normalized spacial score (nSPS) is 13.6. The molecule has 34 heavy (non-hydrogen) atoms. The Bertz CT molecular complexity index is 1370. The highest BCUT2D eigenvalue weighted by atomic mass is 16.5. The minimum absolute atomic E-state index is 0.282. The van der Waals surface area contributed by atoms with E-state index in [1.165, 1.54) is 0 Å². The maximum atomic E-state index is 12.8. The number of carbonyl (C=O) groups is 1. The van der Waals surface area contributed by atoms with Crippen molar-refractivity contribution in [2.24, 2.45) is 0 Å². The lowest BCUT2D eigenvalue weighted by atomic mass is 10.1. The van der Waals surface area contributed by atoms with Gasteiger partial charge >= 0.3 is 5.97 Å². The predicted octanol–water partition coefficient (Wildman–Crippen LogP) is 3.19. The van der Waals surface area contributed by atoms with Crippen molar-refractivity contribution in [3.05, 3.63) is 72.2 Å². The first kappa shape index (κ1) is 21.4. The van der Waals surface area contributed by atoms with Gasteiger partial charge < -0.3 is 14.5 Å². The average Bonchev–Trinajstić information content (AvgIpc) is 3.33. The van der Waals surface area contributed by atoms with Gasteiger partial charge in [0, 0.05) is 38.6 Å². The topological polar surface area (TPSA) is 100 Å². The summed E-state index contributed by atoms with van der Waals surface area (Å²) in [6.45, 7) is 4.67. The highest BCUT2D eigenvalue weighted by Gasteiger charge is 2.27. The van der Waals surface area contributed by atoms with Gasteiger partial charge in [0.05, 0.1) is 35.1 Å². The van der Waals surface area contributed by atoms with E-state index in [2.05, 4.69) is 30.9 Å². The summed E-state index contributed by atoms with van der Waals surface area (Å²) in [5.41, 5.74) is 3.31. The summed E-state index contributed by atoms with van der Waals surface area (Å²) >= 11 is 0. The van der Waals surface area contributed by atoms with E-state index in [9.17, 15) is 10.1 Å². The summed E-state index contributed by atoms with van der Waals surface area (Å²) in [4.78, 5) is 26.1. The van der Waals surface area contributed by atoms with Crippen LogP contribution < -0.4 is 9.80 Å². The monoisotopic (exact) mass is 453 g/mol. The molecule has 0 amide bonds. The van der Waals surface area contributed by atoms with Gasteiger partial charge in [0.15, 0.2) is 5.65 Å². The van der Waals surface area contributed by atoms with Crippen molar-refractivity contribution in [2.45, 2.75) is 6.92 Å². The predicted molar refractivity (Wildman–Crippen MR) is 128 cm³/mol. The molecule has 1 aliphatic heterocycles. The van der Waals surface area contributed by atoms with Gasteiger partial charge in [-0.3, -0.25) is 0 Å². The van der Waals surface area contributed by atoms with Crippen molar-refractivity contribution < 1.29 is 9.53 Å². The first-order chi connectivity index (χ1) is 16.7. The molecule has 1 saturated heterocycles. The highest BCUT2D eigenvalue weighted by Crippen LogP contribution is 2.32. The van der Waals surface area contributed by atoms with E-state index in [1.54, 1.807) is 42.3 Å². The van der Waals surface area contributed by atoms with Gasteiger partial charge in [-0.2, -0.15) is 10.4 Å². The van der Waals surface area contributed by atoms with E-state index in [4.69, 9.17) is 4.74 Å². The fraction of sp³-hybridized carbons (Fsp3) is 0.240. The van der Waals surface area contributed by atoms with Crippen molar-refractivity contribution in [1.82, 2.24) is 19.7 Å². The molecule has 0 N–H and O–H groups in total. The Morgan fingerprint density at radius 3 is 2.53 bits per heavy atom. The quantitative estimate of drug-likeness (QED) is 0.425. The van der Waals surface area contributed by atoms with Gasteiger partial charge in [-0.15, -0.1) is 0 Å². The number of anilines is 2. The number of rotatable bonds is 5. The molecule has 5 rings (SSSR count). The van der Waals surface area contributed by atoms with Crippen molar-refractivity contribution in [3.63, 3.8) is 0 Å². The van der Waals surface area contributed by atoms with E-state index >= 15 is 0 Å². The summed E-state index contributed by atoms with van der Waals surface area (Å²) in [5, 5.41) is 14.8. The number of para-hydroxylation sites is 1. The minimum Gasteiger partial charge on any atom is -0.462 e. The molecule has 0 atom stereocenters. The Hall–Kier alpha value is -4.45. The van der Waals surface area contributed by atoms with Gasteiger partial charge in [-0.25, -0.2) is 19.4 Å². The molecule has 0 bridgehead atoms. The molecule has 4 aromatic rings. The number of ether oxygens (including phenoxy) is 1. The molecule has 0 spiro atoms. The van der Waals surface area contributed by atoms with E-state index in [1.807, 2.05) is 30.3 Å². The van der Waals surface area contributed by atoms with Crippen LogP contribution in [-0.4, -0.2) is 58.5 Å². The summed E-state index contributed by atoms with van der Waals surface area (Å²) in [6.07, 6.45) is 5.04. The molecule has 3 aromatic heterocycles. The fourth-order valence-electron chi connectivity index (χ4n) is 4.30. The summed E-state index contributed by atoms with van der Waals surface area (Å²) in [6, 6.07) is 15.5. The molecule has 170 valence electrons. The first-order valence-electron chi connectivity index (χ1n) is 11.2. The highest BCUT2D eigenvalue weighted by molar-refractivity contribution is 6.04. The van der Waals surface area contributed by atoms with Crippen LogP contribution in [0.15, 0.2) is 61.1 Å². The Labute approximate surface area is 196 Å². The van der Waals surface area contributed by atoms with Crippen molar-refractivity contribution in [1.29, 1.82) is 5.26 Å². The number of fused-ring (bicyclic) bond motifs is 1. The van der Waals surface area contributed by atoms with Crippen LogP contribution in [0.1, 0.15) is 22.8 Å². The van der Waals surface area contributed by atoms with Gasteiger partial charge in [-0.1, -0.05) is 18.2 Å². The maximum absolute atomic E-state index is 12.8. The molecule has 0 saturated carbocycles. The number of esters is 1. The minimum atomic E-state index is -0.404. The van der Waals surface area contributed by atoms with Gasteiger partial charge in [0.25, 0.3) is 0 Å². The Balaban J connectivity index is 1.52. The summed E-state index contributed by atoms with van der Waals surface area (Å²) in [5.74, 6) is 0.283. The fourth-order valence-corrected chi connectivity index (χ4v) is 4.30. The van der Waals surface area contributed by atoms with Crippen LogP contribution in [0.3, 0.4) is 0 Å². The van der Waals surface area contributed by atoms with Crippen molar-refractivity contribution in [3.8, 4) is 11.8 Å². The van der Waals surface area contributed by atoms with E-state index in [0.29, 0.717) is 48.8 Å². The standard InChI is InChI=1S/C25H23N7O2/c1-2-34-25(33)21-16-28-24-20(17-29-32(24)19-8-4-3-5-9-19)22(21)30-11-13-31(14-12-30)23-18(15-26)7-6-10-27-23/h3-10,16-17H,2,11-14H2,1H3. The number of nitriles is 1. The Morgan fingerprint density at radius 1 is 1.03 bits per heavy atom. The number of pyridine rings is 2. The number of hydrogen-bond donors (Lipinski definition) is 0. The third-order valence-corrected chi connectivity index (χ3v) is 5.87. The second-order valence-corrected chi connectivity index (χ2v) is 7.83. The number of carbonyl (C=O) groups excluding carboxylic acids is 1. The number of benzene rings is 1. The molecular formula is C25H23N7O2. The lowest BCUT2D eigenvalue weighted by molar-refractivity contribution is 0.0526. The summed E-state index contributed by atoms with van der Waals surface area (Å²) in [7, 11) is 0. The van der Waals surface area contributed by atoms with Gasteiger partial charge in [-0.05, 0) is 31.2 Å². The Morgan fingerprint density at radius 2 is 1.79 bits per heavy atom. The van der Waals surface area contributed by atoms with E-state index in [-0.39, 0.29) is 6.61 Å². The summed E-state index contributed by atoms with van der Waals surface area (Å²) < 4.78 is 7.11. The smallest absolute Gasteiger partial charge is 0.341 e. The number of hydrogen-bond acceptors (Lipinski definition) is 8. The second kappa shape index (κ2) is 9.19. The van der Waals surface area contributed by atoms with Crippen LogP contribution in [0.4, 0.5) is 11.5 Å². The van der Waals surface area contributed by atoms with Crippen LogP contribution in [0.5, 0.6) is 0 Å². The molecular weight excluding hydrogens is 430 g/mol. The van der Waals surface area contributed by atoms with Crippen LogP contribution in [-0.2, 0) is 4.74 Å². The van der Waals surface area contributed by atoms with Crippen LogP contribution in [0.2, 0.25) is 0 Å². The lowest BCUT2D eigenvalue weighted by Gasteiger charge is -2.37. The number of nitrogens with zero attached hydrogens (tertiary/aromatic N) is 7. The third-order valence-electron chi connectivity index (χ3n) is 5.87. The lowest BCUT2D eigenvalue weighted by Crippen LogP contribution is -2.47. The van der Waals surface area contributed by atoms with Crippen LogP contribution in [0, 0.1) is 11.3 Å². The molecule has 1 aromatic carbocycles. The third kappa shape index (κ3) is 3.79. The molecule has 0 radical (unpaired) electrons. The van der Waals surface area contributed by atoms with Crippen LogP contribution in [0.25, 0.3) is 16.7 Å². The van der Waals surface area contributed by atoms with E-state index in [0.717, 1.165) is 16.8 Å². The Kier molecular flexibility index (Phi) is 5.79. The molecule has 9 nitrogen and oxygen atoms in total. The zero-order valence-corrected chi connectivity index (χ0v) is 18.8. The maximum Gasteiger partial charge on any atom is 0.341 e. The van der Waals surface area contributed by atoms with Gasteiger partial charge in [0.1, 0.15) is 17.5 Å². The second-order valence-electron chi connectivity index (χ2n) is 7.83.